The van der Waals surface area contributed by atoms with Gasteiger partial charge in [0.2, 0.25) is 5.91 Å². The molecule has 7 heteroatoms. The molecule has 2 N–H and O–H groups in total. The number of carbonyl (C=O) groups is 1. The molecule has 0 saturated carbocycles. The highest BCUT2D eigenvalue weighted by Crippen LogP contribution is 2.29. The van der Waals surface area contributed by atoms with E-state index in [-0.39, 0.29) is 24.1 Å². The van der Waals surface area contributed by atoms with Crippen molar-refractivity contribution in [1.29, 1.82) is 0 Å². The maximum atomic E-state index is 13.3. The smallest absolute Gasteiger partial charge is 0.392 e. The molecule has 1 amide bonds. The van der Waals surface area contributed by atoms with Crippen LogP contribution in [0.1, 0.15) is 22.3 Å². The molecule has 128 valence electrons. The van der Waals surface area contributed by atoms with E-state index in [4.69, 9.17) is 5.11 Å². The number of rotatable bonds is 5. The first kappa shape index (κ1) is 17.9. The predicted octanol–water partition coefficient (Wildman–Crippen LogP) is 3.20. The van der Waals surface area contributed by atoms with Crippen LogP contribution in [0, 0.1) is 5.82 Å². The molecule has 0 saturated heterocycles. The van der Waals surface area contributed by atoms with E-state index in [0.717, 1.165) is 12.1 Å². The Labute approximate surface area is 135 Å². The Morgan fingerprint density at radius 3 is 2.50 bits per heavy atom. The molecule has 0 fully saturated rings. The first-order valence-corrected chi connectivity index (χ1v) is 7.10. The van der Waals surface area contributed by atoms with Gasteiger partial charge in [-0.15, -0.1) is 0 Å². The summed E-state index contributed by atoms with van der Waals surface area (Å²) in [6.45, 7) is -0.372. The first-order chi connectivity index (χ1) is 11.3. The van der Waals surface area contributed by atoms with E-state index in [1.165, 1.54) is 30.3 Å². The summed E-state index contributed by atoms with van der Waals surface area (Å²) >= 11 is 0. The average Bonchev–Trinajstić information content (AvgIpc) is 2.53. The van der Waals surface area contributed by atoms with Crippen LogP contribution < -0.4 is 5.32 Å². The quantitative estimate of drug-likeness (QED) is 0.821. The molecule has 0 heterocycles. The lowest BCUT2D eigenvalue weighted by molar-refractivity contribution is -0.137. The van der Waals surface area contributed by atoms with Crippen LogP contribution in [0.3, 0.4) is 0 Å². The van der Waals surface area contributed by atoms with Crippen molar-refractivity contribution in [2.45, 2.75) is 25.7 Å². The fourth-order valence-electron chi connectivity index (χ4n) is 2.17. The van der Waals surface area contributed by atoms with Crippen molar-refractivity contribution in [3.63, 3.8) is 0 Å². The van der Waals surface area contributed by atoms with Gasteiger partial charge < -0.3 is 10.4 Å². The highest BCUT2D eigenvalue weighted by Gasteiger charge is 2.30. The van der Waals surface area contributed by atoms with Crippen LogP contribution >= 0.6 is 0 Å². The van der Waals surface area contributed by atoms with Crippen molar-refractivity contribution in [2.24, 2.45) is 0 Å². The van der Waals surface area contributed by atoms with E-state index in [2.05, 4.69) is 5.32 Å². The summed E-state index contributed by atoms with van der Waals surface area (Å²) in [5.74, 6) is -0.999. The molecular weight excluding hydrogens is 326 g/mol. The lowest BCUT2D eigenvalue weighted by Gasteiger charge is -2.10. The Balaban J connectivity index is 1.97. The number of hydrogen-bond donors (Lipinski definition) is 2. The van der Waals surface area contributed by atoms with Gasteiger partial charge in [-0.1, -0.05) is 24.3 Å². The molecule has 2 rings (SSSR count). The number of halogens is 4. The number of hydrogen-bond acceptors (Lipinski definition) is 2. The molecule has 3 nitrogen and oxygen atoms in total. The van der Waals surface area contributed by atoms with Gasteiger partial charge in [-0.05, 0) is 29.3 Å². The molecule has 0 bridgehead atoms. The minimum atomic E-state index is -4.46. The summed E-state index contributed by atoms with van der Waals surface area (Å²) in [5.41, 5.74) is 0.133. The van der Waals surface area contributed by atoms with Crippen LogP contribution in [-0.2, 0) is 30.5 Å². The number of nitrogens with one attached hydrogen (secondary N) is 1. The van der Waals surface area contributed by atoms with Gasteiger partial charge in [0.05, 0.1) is 18.6 Å². The van der Waals surface area contributed by atoms with Gasteiger partial charge in [0, 0.05) is 12.1 Å². The molecule has 24 heavy (non-hydrogen) atoms. The molecule has 0 atom stereocenters. The zero-order valence-electron chi connectivity index (χ0n) is 12.5. The second kappa shape index (κ2) is 7.44. The largest absolute Gasteiger partial charge is 0.416 e. The third-order valence-corrected chi connectivity index (χ3v) is 3.39. The minimum absolute atomic E-state index is 0.0884. The first-order valence-electron chi connectivity index (χ1n) is 7.10. The SMILES string of the molecule is O=C(Cc1cccc(C(F)(F)F)c1)NCc1ccc(F)c(CO)c1. The Bertz CT molecular complexity index is 729. The van der Waals surface area contributed by atoms with Gasteiger partial charge in [-0.25, -0.2) is 4.39 Å². The van der Waals surface area contributed by atoms with Crippen molar-refractivity contribution in [2.75, 3.05) is 0 Å². The van der Waals surface area contributed by atoms with Crippen LogP contribution in [0.5, 0.6) is 0 Å². The molecule has 2 aromatic rings. The Hall–Kier alpha value is -2.41. The van der Waals surface area contributed by atoms with Crippen LogP contribution in [0.4, 0.5) is 17.6 Å². The predicted molar refractivity (Wildman–Crippen MR) is 79.3 cm³/mol. The fraction of sp³-hybridized carbons (Fsp3) is 0.235. The van der Waals surface area contributed by atoms with Crippen LogP contribution in [0.25, 0.3) is 0 Å². The molecule has 0 aliphatic rings. The normalized spacial score (nSPS) is 11.4. The number of amides is 1. The Morgan fingerprint density at radius 2 is 1.83 bits per heavy atom. The lowest BCUT2D eigenvalue weighted by Crippen LogP contribution is -2.24. The third-order valence-electron chi connectivity index (χ3n) is 3.39. The van der Waals surface area contributed by atoms with Gasteiger partial charge in [0.1, 0.15) is 5.82 Å². The molecular formula is C17H15F4NO2. The Morgan fingerprint density at radius 1 is 1.08 bits per heavy atom. The fourth-order valence-corrected chi connectivity index (χ4v) is 2.17. The van der Waals surface area contributed by atoms with Crippen molar-refractivity contribution >= 4 is 5.91 Å². The summed E-state index contributed by atoms with van der Waals surface area (Å²) < 4.78 is 51.1. The molecule has 0 aliphatic carbocycles. The summed E-state index contributed by atoms with van der Waals surface area (Å²) in [6, 6.07) is 8.62. The highest BCUT2D eigenvalue weighted by atomic mass is 19.4. The Kier molecular flexibility index (Phi) is 5.56. The summed E-state index contributed by atoms with van der Waals surface area (Å²) in [7, 11) is 0. The number of carbonyl (C=O) groups excluding carboxylic acids is 1. The monoisotopic (exact) mass is 341 g/mol. The molecule has 2 aromatic carbocycles. The standard InChI is InChI=1S/C17H15F4NO2/c18-15-5-4-12(6-13(15)10-23)9-22-16(24)8-11-2-1-3-14(7-11)17(19,20)21/h1-7,23H,8-10H2,(H,22,24). The number of alkyl halides is 3. The second-order valence-corrected chi connectivity index (χ2v) is 5.24. The van der Waals surface area contributed by atoms with E-state index in [0.29, 0.717) is 5.56 Å². The summed E-state index contributed by atoms with van der Waals surface area (Å²) in [5, 5.41) is 11.5. The second-order valence-electron chi connectivity index (χ2n) is 5.24. The van der Waals surface area contributed by atoms with Crippen molar-refractivity contribution in [1.82, 2.24) is 5.32 Å². The molecule has 0 radical (unpaired) electrons. The van der Waals surface area contributed by atoms with E-state index in [1.54, 1.807) is 0 Å². The van der Waals surface area contributed by atoms with Gasteiger partial charge in [0.25, 0.3) is 0 Å². The summed E-state index contributed by atoms with van der Waals surface area (Å²) in [6.07, 6.45) is -4.65. The average molecular weight is 341 g/mol. The molecule has 0 unspecified atom stereocenters. The van der Waals surface area contributed by atoms with Gasteiger partial charge in [-0.3, -0.25) is 4.79 Å². The zero-order chi connectivity index (χ0) is 17.7. The van der Waals surface area contributed by atoms with Crippen LogP contribution in [0.15, 0.2) is 42.5 Å². The number of aliphatic hydroxyl groups excluding tert-OH is 1. The number of benzene rings is 2. The minimum Gasteiger partial charge on any atom is -0.392 e. The van der Waals surface area contributed by atoms with Crippen molar-refractivity contribution < 1.29 is 27.5 Å². The van der Waals surface area contributed by atoms with E-state index in [9.17, 15) is 22.4 Å². The van der Waals surface area contributed by atoms with Crippen LogP contribution in [0.2, 0.25) is 0 Å². The molecule has 0 aliphatic heterocycles. The highest BCUT2D eigenvalue weighted by molar-refractivity contribution is 5.78. The lowest BCUT2D eigenvalue weighted by atomic mass is 10.1. The number of aliphatic hydroxyl groups is 1. The third kappa shape index (κ3) is 4.79. The van der Waals surface area contributed by atoms with E-state index >= 15 is 0 Å². The summed E-state index contributed by atoms with van der Waals surface area (Å²) in [4.78, 5) is 11.9. The van der Waals surface area contributed by atoms with Gasteiger partial charge in [-0.2, -0.15) is 13.2 Å². The molecule has 0 spiro atoms. The van der Waals surface area contributed by atoms with Crippen molar-refractivity contribution in [3.05, 3.63) is 70.5 Å². The maximum Gasteiger partial charge on any atom is 0.416 e. The van der Waals surface area contributed by atoms with Crippen LogP contribution in [-0.4, -0.2) is 11.0 Å². The zero-order valence-corrected chi connectivity index (χ0v) is 12.5. The maximum absolute atomic E-state index is 13.3. The topological polar surface area (TPSA) is 49.3 Å². The van der Waals surface area contributed by atoms with E-state index in [1.807, 2.05) is 0 Å². The van der Waals surface area contributed by atoms with Gasteiger partial charge in [0.15, 0.2) is 0 Å². The van der Waals surface area contributed by atoms with E-state index < -0.39 is 30.1 Å². The van der Waals surface area contributed by atoms with Gasteiger partial charge >= 0.3 is 6.18 Å². The molecule has 0 aromatic heterocycles. The van der Waals surface area contributed by atoms with Crippen molar-refractivity contribution in [3.8, 4) is 0 Å².